The van der Waals surface area contributed by atoms with Gasteiger partial charge in [-0.05, 0) is 32.1 Å². The van der Waals surface area contributed by atoms with Crippen molar-refractivity contribution in [2.75, 3.05) is 13.2 Å². The summed E-state index contributed by atoms with van der Waals surface area (Å²) in [5, 5.41) is 0. The first kappa shape index (κ1) is 13.7. The highest BCUT2D eigenvalue weighted by Crippen LogP contribution is 2.33. The molecule has 0 aromatic carbocycles. The van der Waals surface area contributed by atoms with E-state index in [-0.39, 0.29) is 0 Å². The van der Waals surface area contributed by atoms with Crippen LogP contribution in [-0.4, -0.2) is 19.0 Å². The van der Waals surface area contributed by atoms with Crippen molar-refractivity contribution in [2.45, 2.75) is 58.8 Å². The Bertz CT molecular complexity index is 201. The van der Waals surface area contributed by atoms with Crippen molar-refractivity contribution in [1.29, 1.82) is 0 Å². The van der Waals surface area contributed by atoms with Gasteiger partial charge in [0.15, 0.2) is 0 Å². The van der Waals surface area contributed by atoms with E-state index in [9.17, 15) is 4.79 Å². The fraction of sp³-hybridized carbons (Fsp3) is 0.929. The van der Waals surface area contributed by atoms with Crippen LogP contribution in [0, 0.1) is 11.8 Å². The normalized spacial score (nSPS) is 25.6. The molecular weight excluding hydrogens is 200 g/mol. The Balaban J connectivity index is 2.27. The van der Waals surface area contributed by atoms with Gasteiger partial charge >= 0.3 is 0 Å². The molecule has 0 saturated heterocycles. The molecule has 1 aliphatic carbocycles. The highest BCUT2D eigenvalue weighted by Gasteiger charge is 2.28. The van der Waals surface area contributed by atoms with Crippen molar-refractivity contribution in [3.8, 4) is 0 Å². The molecule has 1 rings (SSSR count). The van der Waals surface area contributed by atoms with Crippen molar-refractivity contribution in [3.05, 3.63) is 0 Å². The Morgan fingerprint density at radius 2 is 2.00 bits per heavy atom. The highest BCUT2D eigenvalue weighted by atomic mass is 16.5. The van der Waals surface area contributed by atoms with E-state index in [1.54, 1.807) is 0 Å². The minimum atomic E-state index is 0.361. The zero-order valence-electron chi connectivity index (χ0n) is 10.8. The van der Waals surface area contributed by atoms with Crippen molar-refractivity contribution in [3.63, 3.8) is 0 Å². The van der Waals surface area contributed by atoms with Gasteiger partial charge in [-0.25, -0.2) is 0 Å². The fourth-order valence-corrected chi connectivity index (χ4v) is 2.80. The lowest BCUT2D eigenvalue weighted by Crippen LogP contribution is -2.27. The summed E-state index contributed by atoms with van der Waals surface area (Å²) < 4.78 is 5.27. The summed E-state index contributed by atoms with van der Waals surface area (Å²) in [6, 6.07) is 0. The van der Waals surface area contributed by atoms with E-state index in [1.165, 1.54) is 25.7 Å². The first-order chi connectivity index (χ1) is 7.79. The molecule has 0 bridgehead atoms. The summed E-state index contributed by atoms with van der Waals surface area (Å²) in [5.74, 6) is 1.51. The van der Waals surface area contributed by atoms with E-state index in [1.807, 2.05) is 6.92 Å². The number of Topliss-reactive ketones (excluding diaryl/α,β-unsaturated/α-hetero) is 1. The second-order valence-electron chi connectivity index (χ2n) is 4.83. The maximum atomic E-state index is 12.1. The van der Waals surface area contributed by atoms with Crippen LogP contribution in [0.4, 0.5) is 0 Å². The number of carbonyl (C=O) groups excluding carboxylic acids is 1. The van der Waals surface area contributed by atoms with Crippen LogP contribution in [0.5, 0.6) is 0 Å². The summed E-state index contributed by atoms with van der Waals surface area (Å²) in [6.45, 7) is 5.72. The van der Waals surface area contributed by atoms with Crippen LogP contribution in [-0.2, 0) is 9.53 Å². The molecule has 2 atom stereocenters. The van der Waals surface area contributed by atoms with E-state index in [2.05, 4.69) is 6.92 Å². The van der Waals surface area contributed by atoms with Crippen LogP contribution in [0.25, 0.3) is 0 Å². The summed E-state index contributed by atoms with van der Waals surface area (Å²) in [6.07, 6.45) is 7.76. The van der Waals surface area contributed by atoms with Crippen LogP contribution in [0.2, 0.25) is 0 Å². The maximum absolute atomic E-state index is 12.1. The lowest BCUT2D eigenvalue weighted by atomic mass is 9.75. The van der Waals surface area contributed by atoms with E-state index in [0.717, 1.165) is 32.5 Å². The zero-order chi connectivity index (χ0) is 11.8. The van der Waals surface area contributed by atoms with Gasteiger partial charge in [-0.1, -0.05) is 26.2 Å². The third-order valence-corrected chi connectivity index (χ3v) is 3.76. The van der Waals surface area contributed by atoms with Gasteiger partial charge in [0.25, 0.3) is 0 Å². The monoisotopic (exact) mass is 226 g/mol. The molecule has 0 aromatic heterocycles. The number of rotatable bonds is 7. The smallest absolute Gasteiger partial charge is 0.136 e. The molecule has 0 aliphatic heterocycles. The Morgan fingerprint density at radius 1 is 1.25 bits per heavy atom. The van der Waals surface area contributed by atoms with Crippen molar-refractivity contribution < 1.29 is 9.53 Å². The van der Waals surface area contributed by atoms with Gasteiger partial charge in [0.1, 0.15) is 5.78 Å². The van der Waals surface area contributed by atoms with E-state index < -0.39 is 0 Å². The van der Waals surface area contributed by atoms with Crippen LogP contribution in [0.1, 0.15) is 58.8 Å². The molecule has 0 spiro atoms. The van der Waals surface area contributed by atoms with Gasteiger partial charge in [0.05, 0.1) is 0 Å². The Morgan fingerprint density at radius 3 is 2.69 bits per heavy atom. The Kier molecular flexibility index (Phi) is 6.70. The first-order valence-corrected chi connectivity index (χ1v) is 6.90. The number of ketones is 1. The molecule has 0 amide bonds. The Labute approximate surface area is 99.8 Å². The average molecular weight is 226 g/mol. The lowest BCUT2D eigenvalue weighted by Gasteiger charge is -2.29. The number of carbonyl (C=O) groups is 1. The molecule has 2 heteroatoms. The SMILES string of the molecule is CCOCCCC(=O)C1CCCCC1CC. The second kappa shape index (κ2) is 7.83. The third-order valence-electron chi connectivity index (χ3n) is 3.76. The highest BCUT2D eigenvalue weighted by molar-refractivity contribution is 5.81. The number of ether oxygens (including phenoxy) is 1. The number of hydrogen-bond donors (Lipinski definition) is 0. The van der Waals surface area contributed by atoms with E-state index >= 15 is 0 Å². The van der Waals surface area contributed by atoms with E-state index in [0.29, 0.717) is 17.6 Å². The molecule has 94 valence electrons. The fourth-order valence-electron chi connectivity index (χ4n) is 2.80. The minimum Gasteiger partial charge on any atom is -0.382 e. The summed E-state index contributed by atoms with van der Waals surface area (Å²) in [4.78, 5) is 12.1. The van der Waals surface area contributed by atoms with Crippen LogP contribution >= 0.6 is 0 Å². The van der Waals surface area contributed by atoms with Gasteiger partial charge < -0.3 is 4.74 Å². The summed E-state index contributed by atoms with van der Waals surface area (Å²) >= 11 is 0. The Hall–Kier alpha value is -0.370. The van der Waals surface area contributed by atoms with Gasteiger partial charge in [0.2, 0.25) is 0 Å². The molecule has 1 saturated carbocycles. The van der Waals surface area contributed by atoms with Crippen molar-refractivity contribution in [2.24, 2.45) is 11.8 Å². The molecular formula is C14H26O2. The molecule has 1 fully saturated rings. The lowest BCUT2D eigenvalue weighted by molar-refractivity contribution is -0.126. The van der Waals surface area contributed by atoms with Gasteiger partial charge in [0, 0.05) is 25.6 Å². The molecule has 0 heterocycles. The van der Waals surface area contributed by atoms with Crippen molar-refractivity contribution in [1.82, 2.24) is 0 Å². The maximum Gasteiger partial charge on any atom is 0.136 e. The first-order valence-electron chi connectivity index (χ1n) is 6.90. The molecule has 2 nitrogen and oxygen atoms in total. The predicted octanol–water partition coefficient (Wildman–Crippen LogP) is 3.59. The van der Waals surface area contributed by atoms with Gasteiger partial charge in [-0.3, -0.25) is 4.79 Å². The van der Waals surface area contributed by atoms with E-state index in [4.69, 9.17) is 4.74 Å². The minimum absolute atomic E-state index is 0.361. The van der Waals surface area contributed by atoms with Crippen LogP contribution in [0.3, 0.4) is 0 Å². The predicted molar refractivity (Wildman–Crippen MR) is 66.5 cm³/mol. The largest absolute Gasteiger partial charge is 0.382 e. The molecule has 0 radical (unpaired) electrons. The van der Waals surface area contributed by atoms with Crippen LogP contribution < -0.4 is 0 Å². The molecule has 1 aliphatic rings. The topological polar surface area (TPSA) is 26.3 Å². The average Bonchev–Trinajstić information content (AvgIpc) is 2.34. The quantitative estimate of drug-likeness (QED) is 0.620. The van der Waals surface area contributed by atoms with Gasteiger partial charge in [-0.2, -0.15) is 0 Å². The standard InChI is InChI=1S/C14H26O2/c1-3-12-8-5-6-9-13(12)14(15)10-7-11-16-4-2/h12-13H,3-11H2,1-2H3. The molecule has 16 heavy (non-hydrogen) atoms. The third kappa shape index (κ3) is 4.25. The molecule has 0 aromatic rings. The van der Waals surface area contributed by atoms with Crippen molar-refractivity contribution >= 4 is 5.78 Å². The summed E-state index contributed by atoms with van der Waals surface area (Å²) in [7, 11) is 0. The summed E-state index contributed by atoms with van der Waals surface area (Å²) in [5.41, 5.74) is 0. The second-order valence-corrected chi connectivity index (χ2v) is 4.83. The van der Waals surface area contributed by atoms with Gasteiger partial charge in [-0.15, -0.1) is 0 Å². The molecule has 0 N–H and O–H groups in total. The number of hydrogen-bond acceptors (Lipinski definition) is 2. The zero-order valence-corrected chi connectivity index (χ0v) is 10.8. The van der Waals surface area contributed by atoms with Crippen LogP contribution in [0.15, 0.2) is 0 Å². The molecule has 2 unspecified atom stereocenters.